The molecule has 1 amide bonds. The van der Waals surface area contributed by atoms with Crippen molar-refractivity contribution >= 4 is 17.4 Å². The number of hydrogen-bond donors (Lipinski definition) is 2. The van der Waals surface area contributed by atoms with Crippen molar-refractivity contribution in [2.75, 3.05) is 30.7 Å². The number of aryl methyl sites for hydroxylation is 1. The molecule has 0 radical (unpaired) electrons. The Morgan fingerprint density at radius 1 is 1.50 bits per heavy atom. The van der Waals surface area contributed by atoms with E-state index in [-0.39, 0.29) is 5.91 Å². The minimum absolute atomic E-state index is 0.229. The number of nitrogens with two attached hydrogens (primary N) is 1. The lowest BCUT2D eigenvalue weighted by Gasteiger charge is -2.15. The number of rotatable bonds is 4. The highest BCUT2D eigenvalue weighted by Crippen LogP contribution is 2.13. The highest BCUT2D eigenvalue weighted by molar-refractivity contribution is 5.76. The van der Waals surface area contributed by atoms with Crippen LogP contribution in [0.4, 0.5) is 11.5 Å². The summed E-state index contributed by atoms with van der Waals surface area (Å²) in [5.41, 5.74) is 7.38. The van der Waals surface area contributed by atoms with Crippen LogP contribution in [0.2, 0.25) is 0 Å². The molecule has 1 aliphatic heterocycles. The van der Waals surface area contributed by atoms with E-state index in [0.29, 0.717) is 18.7 Å². The number of anilines is 2. The van der Waals surface area contributed by atoms with Gasteiger partial charge in [0.15, 0.2) is 0 Å². The lowest BCUT2D eigenvalue weighted by atomic mass is 10.2. The van der Waals surface area contributed by atoms with Gasteiger partial charge in [0.05, 0.1) is 11.9 Å². The van der Waals surface area contributed by atoms with Crippen molar-refractivity contribution in [2.24, 2.45) is 0 Å². The number of amides is 1. The van der Waals surface area contributed by atoms with Crippen molar-refractivity contribution in [3.63, 3.8) is 0 Å². The summed E-state index contributed by atoms with van der Waals surface area (Å²) in [7, 11) is 0. The van der Waals surface area contributed by atoms with E-state index in [2.05, 4.69) is 10.3 Å². The Morgan fingerprint density at radius 3 is 2.89 bits per heavy atom. The molecule has 1 aromatic rings. The lowest BCUT2D eigenvalue weighted by Crippen LogP contribution is -2.29. The Morgan fingerprint density at radius 2 is 2.22 bits per heavy atom. The number of nitrogen functional groups attached to an aromatic ring is 1. The van der Waals surface area contributed by atoms with Crippen LogP contribution >= 0.6 is 0 Å². The first kappa shape index (κ1) is 12.7. The highest BCUT2D eigenvalue weighted by Gasteiger charge is 2.16. The molecule has 0 aliphatic carbocycles. The van der Waals surface area contributed by atoms with Crippen molar-refractivity contribution in [2.45, 2.75) is 26.2 Å². The number of pyridine rings is 1. The Balaban J connectivity index is 1.77. The molecule has 0 aromatic carbocycles. The second-order valence-corrected chi connectivity index (χ2v) is 4.69. The maximum atomic E-state index is 11.8. The van der Waals surface area contributed by atoms with E-state index in [4.69, 9.17) is 5.73 Å². The van der Waals surface area contributed by atoms with E-state index in [1.807, 2.05) is 17.9 Å². The molecular formula is C13H20N4O. The van der Waals surface area contributed by atoms with Gasteiger partial charge in [-0.05, 0) is 31.4 Å². The molecule has 1 saturated heterocycles. The molecule has 0 spiro atoms. The molecule has 2 heterocycles. The minimum Gasteiger partial charge on any atom is -0.397 e. The van der Waals surface area contributed by atoms with Crippen molar-refractivity contribution in [3.8, 4) is 0 Å². The average molecular weight is 248 g/mol. The summed E-state index contributed by atoms with van der Waals surface area (Å²) in [5, 5.41) is 3.15. The van der Waals surface area contributed by atoms with Gasteiger partial charge in [-0.2, -0.15) is 0 Å². The Hall–Kier alpha value is -1.78. The number of aromatic nitrogens is 1. The fraction of sp³-hybridized carbons (Fsp3) is 0.538. The van der Waals surface area contributed by atoms with Gasteiger partial charge in [0.25, 0.3) is 0 Å². The number of hydrogen-bond acceptors (Lipinski definition) is 4. The van der Waals surface area contributed by atoms with Gasteiger partial charge < -0.3 is 16.0 Å². The molecule has 1 aromatic heterocycles. The number of nitrogens with zero attached hydrogens (tertiary/aromatic N) is 2. The van der Waals surface area contributed by atoms with Gasteiger partial charge in [0.2, 0.25) is 5.91 Å². The summed E-state index contributed by atoms with van der Waals surface area (Å²) >= 11 is 0. The molecule has 18 heavy (non-hydrogen) atoms. The van der Waals surface area contributed by atoms with Gasteiger partial charge in [0, 0.05) is 26.1 Å². The fourth-order valence-electron chi connectivity index (χ4n) is 2.09. The summed E-state index contributed by atoms with van der Waals surface area (Å²) in [6, 6.07) is 1.90. The van der Waals surface area contributed by atoms with Gasteiger partial charge in [0.1, 0.15) is 5.82 Å². The molecule has 5 heteroatoms. The standard InChI is InChI=1S/C13H20N4O/c1-10-8-12(16-9-11(10)14)15-5-4-13(18)17-6-2-3-7-17/h8-9H,2-7,14H2,1H3,(H,15,16). The zero-order valence-electron chi connectivity index (χ0n) is 10.8. The van der Waals surface area contributed by atoms with E-state index < -0.39 is 0 Å². The monoisotopic (exact) mass is 248 g/mol. The van der Waals surface area contributed by atoms with E-state index in [1.165, 1.54) is 0 Å². The molecular weight excluding hydrogens is 228 g/mol. The van der Waals surface area contributed by atoms with Crippen LogP contribution in [0.5, 0.6) is 0 Å². The largest absolute Gasteiger partial charge is 0.397 e. The van der Waals surface area contributed by atoms with Crippen LogP contribution in [0.3, 0.4) is 0 Å². The van der Waals surface area contributed by atoms with Crippen molar-refractivity contribution in [1.29, 1.82) is 0 Å². The SMILES string of the molecule is Cc1cc(NCCC(=O)N2CCCC2)ncc1N. The molecule has 0 atom stereocenters. The molecule has 2 rings (SSSR count). The van der Waals surface area contributed by atoms with Crippen molar-refractivity contribution in [1.82, 2.24) is 9.88 Å². The van der Waals surface area contributed by atoms with Gasteiger partial charge in [-0.3, -0.25) is 4.79 Å². The first-order valence-electron chi connectivity index (χ1n) is 6.40. The number of carbonyl (C=O) groups is 1. The second-order valence-electron chi connectivity index (χ2n) is 4.69. The lowest BCUT2D eigenvalue weighted by molar-refractivity contribution is -0.129. The molecule has 0 unspecified atom stereocenters. The third-order valence-electron chi connectivity index (χ3n) is 3.26. The minimum atomic E-state index is 0.229. The quantitative estimate of drug-likeness (QED) is 0.845. The van der Waals surface area contributed by atoms with Crippen LogP contribution in [-0.2, 0) is 4.79 Å². The van der Waals surface area contributed by atoms with E-state index in [0.717, 1.165) is 37.3 Å². The summed E-state index contributed by atoms with van der Waals surface area (Å²) in [4.78, 5) is 17.9. The smallest absolute Gasteiger partial charge is 0.224 e. The Bertz CT molecular complexity index is 427. The fourth-order valence-corrected chi connectivity index (χ4v) is 2.09. The second kappa shape index (κ2) is 5.71. The summed E-state index contributed by atoms with van der Waals surface area (Å²) in [6.07, 6.45) is 4.43. The summed E-state index contributed by atoms with van der Waals surface area (Å²) in [5.74, 6) is 1.00. The van der Waals surface area contributed by atoms with E-state index in [1.54, 1.807) is 6.20 Å². The third-order valence-corrected chi connectivity index (χ3v) is 3.26. The van der Waals surface area contributed by atoms with Crippen LogP contribution in [0.15, 0.2) is 12.3 Å². The predicted octanol–water partition coefficient (Wildman–Crippen LogP) is 1.40. The normalized spacial score (nSPS) is 14.8. The molecule has 0 bridgehead atoms. The molecule has 5 nitrogen and oxygen atoms in total. The predicted molar refractivity (Wildman–Crippen MR) is 72.3 cm³/mol. The molecule has 98 valence electrons. The van der Waals surface area contributed by atoms with Crippen molar-refractivity contribution < 1.29 is 4.79 Å². The molecule has 3 N–H and O–H groups in total. The number of likely N-dealkylation sites (tertiary alicyclic amines) is 1. The maximum absolute atomic E-state index is 11.8. The zero-order valence-corrected chi connectivity index (χ0v) is 10.8. The van der Waals surface area contributed by atoms with Crippen LogP contribution < -0.4 is 11.1 Å². The highest BCUT2D eigenvalue weighted by atomic mass is 16.2. The van der Waals surface area contributed by atoms with Gasteiger partial charge in [-0.25, -0.2) is 4.98 Å². The third kappa shape index (κ3) is 3.12. The molecule has 0 saturated carbocycles. The topological polar surface area (TPSA) is 71.2 Å². The van der Waals surface area contributed by atoms with Crippen molar-refractivity contribution in [3.05, 3.63) is 17.8 Å². The van der Waals surface area contributed by atoms with Gasteiger partial charge in [-0.1, -0.05) is 0 Å². The summed E-state index contributed by atoms with van der Waals surface area (Å²) < 4.78 is 0. The number of nitrogens with one attached hydrogen (secondary N) is 1. The van der Waals surface area contributed by atoms with E-state index in [9.17, 15) is 4.79 Å². The molecule has 1 aliphatic rings. The Labute approximate surface area is 107 Å². The van der Waals surface area contributed by atoms with Gasteiger partial charge >= 0.3 is 0 Å². The maximum Gasteiger partial charge on any atom is 0.224 e. The molecule has 1 fully saturated rings. The zero-order chi connectivity index (χ0) is 13.0. The summed E-state index contributed by atoms with van der Waals surface area (Å²) in [6.45, 7) is 4.39. The average Bonchev–Trinajstić information content (AvgIpc) is 2.87. The van der Waals surface area contributed by atoms with E-state index >= 15 is 0 Å². The van der Waals surface area contributed by atoms with Crippen LogP contribution in [-0.4, -0.2) is 35.4 Å². The van der Waals surface area contributed by atoms with Crippen LogP contribution in [0, 0.1) is 6.92 Å². The first-order chi connectivity index (χ1) is 8.66. The number of carbonyl (C=O) groups excluding carboxylic acids is 1. The Kier molecular flexibility index (Phi) is 4.02. The first-order valence-corrected chi connectivity index (χ1v) is 6.40. The van der Waals surface area contributed by atoms with Gasteiger partial charge in [-0.15, -0.1) is 0 Å². The van der Waals surface area contributed by atoms with Crippen LogP contribution in [0.1, 0.15) is 24.8 Å². The van der Waals surface area contributed by atoms with Crippen LogP contribution in [0.25, 0.3) is 0 Å².